The lowest BCUT2D eigenvalue weighted by molar-refractivity contribution is -0.150. The van der Waals surface area contributed by atoms with E-state index in [1.54, 1.807) is 45.8 Å². The molecule has 1 saturated heterocycles. The molecule has 1 aliphatic carbocycles. The standard InChI is InChI=1S/C37H47N7O7S/c1-6-50-34(47)37-21-24(37)12-10-8-7-9-11-13-27(39-35(48)51-36(2,3)4)33(46)43-22-25(20-28(43)31(45)40-37)44-41-29(23-14-16-26(49-5)17-15-23)30(42-44)32-38-18-19-52-32/h10,12,14-19,24-25,27-28H,6-9,11,13,20-22H2,1-5H3,(H,39,48)(H,40,45)/b12-10-/t24-,25?,27+,28+,37-/m1/s1. The SMILES string of the molecule is CCOC(=O)[C@@]12C[C@H]1/C=C\CCCCC[C@H](NC(=O)OC(C)(C)C)C(=O)N1CC(n3nc(-c4ccc(OC)cc4)c(-c4nccs4)n3)C[C@H]1C(=O)N2. The second kappa shape index (κ2) is 15.4. The Morgan fingerprint density at radius 3 is 2.56 bits per heavy atom. The molecule has 6 rings (SSSR count). The molecule has 2 aliphatic heterocycles. The summed E-state index contributed by atoms with van der Waals surface area (Å²) in [5.41, 5.74) is -0.0287. The van der Waals surface area contributed by atoms with E-state index >= 15 is 0 Å². The van der Waals surface area contributed by atoms with Crippen molar-refractivity contribution in [3.8, 4) is 27.7 Å². The first-order chi connectivity index (χ1) is 24.9. The van der Waals surface area contributed by atoms with E-state index in [1.165, 1.54) is 16.2 Å². The van der Waals surface area contributed by atoms with Crippen molar-refractivity contribution in [3.05, 3.63) is 48.0 Å². The summed E-state index contributed by atoms with van der Waals surface area (Å²) in [6.45, 7) is 7.26. The van der Waals surface area contributed by atoms with Gasteiger partial charge in [0.05, 0.1) is 19.8 Å². The van der Waals surface area contributed by atoms with E-state index in [-0.39, 0.29) is 25.5 Å². The minimum Gasteiger partial charge on any atom is -0.497 e. The average molecular weight is 734 g/mol. The molecule has 3 aliphatic rings. The predicted octanol–water partition coefficient (Wildman–Crippen LogP) is 5.07. The maximum atomic E-state index is 14.5. The summed E-state index contributed by atoms with van der Waals surface area (Å²) >= 11 is 1.43. The van der Waals surface area contributed by atoms with Crippen LogP contribution < -0.4 is 15.4 Å². The summed E-state index contributed by atoms with van der Waals surface area (Å²) in [4.78, 5) is 62.7. The van der Waals surface area contributed by atoms with Gasteiger partial charge in [-0.3, -0.25) is 9.59 Å². The van der Waals surface area contributed by atoms with Crippen LogP contribution in [0.5, 0.6) is 5.75 Å². The van der Waals surface area contributed by atoms with Crippen LogP contribution >= 0.6 is 11.3 Å². The molecule has 3 amide bonds. The Morgan fingerprint density at radius 2 is 1.87 bits per heavy atom. The smallest absolute Gasteiger partial charge is 0.408 e. The normalized spacial score (nSPS) is 25.8. The molecular weight excluding hydrogens is 687 g/mol. The van der Waals surface area contributed by atoms with Crippen molar-refractivity contribution < 1.29 is 33.4 Å². The zero-order valence-electron chi connectivity index (χ0n) is 30.3. The second-order valence-corrected chi connectivity index (χ2v) is 15.3. The van der Waals surface area contributed by atoms with Gasteiger partial charge in [0.2, 0.25) is 11.8 Å². The fraction of sp³-hybridized carbons (Fsp3) is 0.541. The zero-order valence-corrected chi connectivity index (χ0v) is 31.1. The largest absolute Gasteiger partial charge is 0.497 e. The Morgan fingerprint density at radius 1 is 1.10 bits per heavy atom. The first-order valence-corrected chi connectivity index (χ1v) is 18.8. The maximum Gasteiger partial charge on any atom is 0.408 e. The highest BCUT2D eigenvalue weighted by molar-refractivity contribution is 7.13. The van der Waals surface area contributed by atoms with Gasteiger partial charge in [-0.1, -0.05) is 25.0 Å². The zero-order chi connectivity index (χ0) is 37.0. The Labute approximate surface area is 307 Å². The first-order valence-electron chi connectivity index (χ1n) is 17.9. The van der Waals surface area contributed by atoms with Gasteiger partial charge in [-0.2, -0.15) is 9.90 Å². The summed E-state index contributed by atoms with van der Waals surface area (Å²) in [6, 6.07) is 5.02. The van der Waals surface area contributed by atoms with Crippen molar-refractivity contribution in [1.82, 2.24) is 35.5 Å². The molecule has 14 nitrogen and oxygen atoms in total. The highest BCUT2D eigenvalue weighted by Crippen LogP contribution is 2.46. The Hall–Kier alpha value is -4.79. The molecule has 5 atom stereocenters. The van der Waals surface area contributed by atoms with Gasteiger partial charge in [-0.25, -0.2) is 14.6 Å². The molecule has 2 fully saturated rings. The van der Waals surface area contributed by atoms with E-state index in [1.807, 2.05) is 41.8 Å². The van der Waals surface area contributed by atoms with Crippen molar-refractivity contribution in [3.63, 3.8) is 0 Å². The second-order valence-electron chi connectivity index (χ2n) is 14.4. The van der Waals surface area contributed by atoms with Gasteiger partial charge in [-0.15, -0.1) is 16.4 Å². The van der Waals surface area contributed by atoms with Crippen LogP contribution in [-0.2, 0) is 23.9 Å². The fourth-order valence-corrected chi connectivity index (χ4v) is 7.48. The number of rotatable bonds is 7. The number of benzene rings is 1. The number of ether oxygens (including phenoxy) is 3. The van der Waals surface area contributed by atoms with Gasteiger partial charge < -0.3 is 29.7 Å². The van der Waals surface area contributed by atoms with Crippen molar-refractivity contribution in [2.24, 2.45) is 5.92 Å². The van der Waals surface area contributed by atoms with Gasteiger partial charge in [-0.05, 0) is 77.6 Å². The number of amides is 3. The molecule has 1 unspecified atom stereocenters. The van der Waals surface area contributed by atoms with Crippen molar-refractivity contribution >= 4 is 35.2 Å². The maximum absolute atomic E-state index is 14.5. The highest BCUT2D eigenvalue weighted by atomic mass is 32.1. The van der Waals surface area contributed by atoms with Crippen molar-refractivity contribution in [2.45, 2.75) is 102 Å². The first kappa shape index (κ1) is 37.0. The van der Waals surface area contributed by atoms with E-state index in [0.29, 0.717) is 41.4 Å². The number of allylic oxidation sites excluding steroid dienone is 1. The molecule has 52 heavy (non-hydrogen) atoms. The molecule has 1 saturated carbocycles. The molecule has 0 radical (unpaired) electrons. The Bertz CT molecular complexity index is 1790. The van der Waals surface area contributed by atoms with Crippen LogP contribution in [0.1, 0.15) is 78.7 Å². The number of hydrogen-bond donors (Lipinski definition) is 2. The molecular formula is C37H47N7O7S. The number of aromatic nitrogens is 4. The van der Waals surface area contributed by atoms with Crippen LogP contribution in [-0.4, -0.2) is 92.2 Å². The number of carbonyl (C=O) groups is 4. The molecule has 3 aromatic rings. The van der Waals surface area contributed by atoms with Gasteiger partial charge in [0.25, 0.3) is 0 Å². The van der Waals surface area contributed by atoms with Gasteiger partial charge >= 0.3 is 12.1 Å². The van der Waals surface area contributed by atoms with Crippen LogP contribution in [0.15, 0.2) is 48.0 Å². The quantitative estimate of drug-likeness (QED) is 0.247. The predicted molar refractivity (Wildman–Crippen MR) is 193 cm³/mol. The number of nitrogens with one attached hydrogen (secondary N) is 2. The Kier molecular flexibility index (Phi) is 11.0. The number of esters is 1. The molecule has 0 spiro atoms. The summed E-state index contributed by atoms with van der Waals surface area (Å²) in [5, 5.41) is 18.1. The number of carbonyl (C=O) groups excluding carboxylic acids is 4. The van der Waals surface area contributed by atoms with Crippen molar-refractivity contribution in [2.75, 3.05) is 20.3 Å². The number of thiazole rings is 1. The lowest BCUT2D eigenvalue weighted by Gasteiger charge is -2.30. The monoisotopic (exact) mass is 733 g/mol. The van der Waals surface area contributed by atoms with Crippen LogP contribution in [0.4, 0.5) is 4.79 Å². The van der Waals surface area contributed by atoms with Gasteiger partial charge in [0.1, 0.15) is 45.4 Å². The summed E-state index contributed by atoms with van der Waals surface area (Å²) in [6.07, 6.45) is 9.11. The average Bonchev–Trinajstić information content (AvgIpc) is 3.57. The molecule has 2 N–H and O–H groups in total. The number of methoxy groups -OCH3 is 1. The summed E-state index contributed by atoms with van der Waals surface area (Å²) in [5.74, 6) is -0.912. The lowest BCUT2D eigenvalue weighted by atomic mass is 10.0. The topological polar surface area (TPSA) is 167 Å². The van der Waals surface area contributed by atoms with E-state index in [4.69, 9.17) is 24.4 Å². The number of hydrogen-bond acceptors (Lipinski definition) is 11. The van der Waals surface area contributed by atoms with Crippen molar-refractivity contribution in [1.29, 1.82) is 0 Å². The van der Waals surface area contributed by atoms with Crippen LogP contribution in [0, 0.1) is 5.92 Å². The van der Waals surface area contributed by atoms with Gasteiger partial charge in [0, 0.05) is 36.0 Å². The lowest BCUT2D eigenvalue weighted by Crippen LogP contribution is -2.56. The molecule has 4 heterocycles. The van der Waals surface area contributed by atoms with Crippen LogP contribution in [0.25, 0.3) is 22.0 Å². The number of fused-ring (bicyclic) bond motifs is 2. The van der Waals surface area contributed by atoms with Crippen LogP contribution in [0.2, 0.25) is 0 Å². The third-order valence-corrected chi connectivity index (χ3v) is 10.3. The number of alkyl carbamates (subject to hydrolysis) is 1. The van der Waals surface area contributed by atoms with E-state index in [9.17, 15) is 19.2 Å². The fourth-order valence-electron chi connectivity index (χ4n) is 6.85. The molecule has 0 bridgehead atoms. The molecule has 15 heteroatoms. The van der Waals surface area contributed by atoms with E-state index in [0.717, 1.165) is 24.8 Å². The third-order valence-electron chi connectivity index (χ3n) is 9.54. The van der Waals surface area contributed by atoms with E-state index in [2.05, 4.69) is 15.6 Å². The number of nitrogens with zero attached hydrogens (tertiary/aromatic N) is 5. The molecule has 278 valence electrons. The third kappa shape index (κ3) is 8.14. The minimum absolute atomic E-state index is 0.0905. The highest BCUT2D eigenvalue weighted by Gasteiger charge is 2.62. The summed E-state index contributed by atoms with van der Waals surface area (Å²) < 4.78 is 16.3. The summed E-state index contributed by atoms with van der Waals surface area (Å²) in [7, 11) is 1.60. The minimum atomic E-state index is -1.21. The Balaban J connectivity index is 1.36. The van der Waals surface area contributed by atoms with Gasteiger partial charge in [0.15, 0.2) is 0 Å². The molecule has 1 aromatic carbocycles. The van der Waals surface area contributed by atoms with Crippen LogP contribution in [0.3, 0.4) is 0 Å². The molecule has 2 aromatic heterocycles. The van der Waals surface area contributed by atoms with E-state index < -0.39 is 53.1 Å².